The summed E-state index contributed by atoms with van der Waals surface area (Å²) >= 11 is 1.29. The maximum atomic E-state index is 11.8. The average molecular weight is 193 g/mol. The third-order valence-electron chi connectivity index (χ3n) is 1.34. The van der Waals surface area contributed by atoms with Gasteiger partial charge in [-0.25, -0.2) is 13.8 Å². The molecule has 0 aromatic carbocycles. The van der Waals surface area contributed by atoms with Gasteiger partial charge in [0.25, 0.3) is 6.43 Å². The summed E-state index contributed by atoms with van der Waals surface area (Å²) in [6, 6.07) is 0. The Kier molecular flexibility index (Phi) is 3.11. The highest BCUT2D eigenvalue weighted by atomic mass is 32.1. The molecule has 1 heterocycles. The monoisotopic (exact) mass is 193 g/mol. The molecule has 1 aromatic heterocycles. The molecule has 0 radical (unpaired) electrons. The van der Waals surface area contributed by atoms with Crippen LogP contribution in [0, 0.1) is 6.92 Å². The summed E-state index contributed by atoms with van der Waals surface area (Å²) in [6.45, 7) is 1.79. The van der Waals surface area contributed by atoms with Crippen molar-refractivity contribution in [3.63, 3.8) is 0 Å². The second kappa shape index (κ2) is 3.91. The van der Waals surface area contributed by atoms with Crippen LogP contribution < -0.4 is 0 Å². The Labute approximate surface area is 72.9 Å². The van der Waals surface area contributed by atoms with Crippen molar-refractivity contribution in [2.75, 3.05) is 0 Å². The van der Waals surface area contributed by atoms with Gasteiger partial charge in [-0.05, 0) is 6.92 Å². The molecule has 0 saturated carbocycles. The molecule has 2 nitrogen and oxygen atoms in total. The van der Waals surface area contributed by atoms with Gasteiger partial charge in [-0.1, -0.05) is 0 Å². The van der Waals surface area contributed by atoms with Crippen molar-refractivity contribution >= 4 is 11.3 Å². The van der Waals surface area contributed by atoms with Gasteiger partial charge in [0.1, 0.15) is 6.10 Å². The first-order chi connectivity index (χ1) is 5.59. The maximum Gasteiger partial charge on any atom is 0.264 e. The van der Waals surface area contributed by atoms with E-state index in [2.05, 4.69) is 4.98 Å². The smallest absolute Gasteiger partial charge is 0.264 e. The molecule has 0 spiro atoms. The van der Waals surface area contributed by atoms with E-state index < -0.39 is 12.5 Å². The Morgan fingerprint density at radius 2 is 2.33 bits per heavy atom. The average Bonchev–Trinajstić information content (AvgIpc) is 2.35. The Hall–Kier alpha value is -0.550. The van der Waals surface area contributed by atoms with Gasteiger partial charge < -0.3 is 5.11 Å². The number of thiazole rings is 1. The van der Waals surface area contributed by atoms with Crippen LogP contribution in [0.2, 0.25) is 0 Å². The number of hydrogen-bond acceptors (Lipinski definition) is 3. The van der Waals surface area contributed by atoms with Crippen molar-refractivity contribution in [2.24, 2.45) is 0 Å². The maximum absolute atomic E-state index is 11.8. The highest BCUT2D eigenvalue weighted by molar-refractivity contribution is 7.09. The lowest BCUT2D eigenvalue weighted by Crippen LogP contribution is -2.19. The first-order valence-electron chi connectivity index (χ1n) is 3.47. The number of halogens is 2. The first-order valence-corrected chi connectivity index (χ1v) is 4.35. The Morgan fingerprint density at radius 3 is 2.75 bits per heavy atom. The lowest BCUT2D eigenvalue weighted by Gasteiger charge is -2.05. The minimum absolute atomic E-state index is 0.0594. The van der Waals surface area contributed by atoms with Crippen LogP contribution in [0.5, 0.6) is 0 Å². The minimum atomic E-state index is -2.69. The second-order valence-corrected chi connectivity index (χ2v) is 3.43. The second-order valence-electron chi connectivity index (χ2n) is 2.49. The zero-order valence-electron chi connectivity index (χ0n) is 6.50. The Balaban J connectivity index is 2.52. The fourth-order valence-electron chi connectivity index (χ4n) is 0.764. The lowest BCUT2D eigenvalue weighted by molar-refractivity contribution is -0.00368. The normalized spacial score (nSPS) is 13.8. The fourth-order valence-corrected chi connectivity index (χ4v) is 1.59. The van der Waals surface area contributed by atoms with E-state index in [4.69, 9.17) is 5.11 Å². The molecule has 12 heavy (non-hydrogen) atoms. The molecule has 1 N–H and O–H groups in total. The molecule has 0 fully saturated rings. The topological polar surface area (TPSA) is 33.1 Å². The first kappa shape index (κ1) is 9.54. The van der Waals surface area contributed by atoms with E-state index in [9.17, 15) is 8.78 Å². The number of hydrogen-bond donors (Lipinski definition) is 1. The molecule has 1 rings (SSSR count). The number of rotatable bonds is 3. The Morgan fingerprint density at radius 1 is 1.67 bits per heavy atom. The van der Waals surface area contributed by atoms with Crippen LogP contribution in [0.25, 0.3) is 0 Å². The summed E-state index contributed by atoms with van der Waals surface area (Å²) in [7, 11) is 0. The third kappa shape index (κ3) is 2.49. The molecule has 0 aliphatic rings. The molecule has 0 amide bonds. The summed E-state index contributed by atoms with van der Waals surface area (Å²) in [6.07, 6.45) is -4.33. The summed E-state index contributed by atoms with van der Waals surface area (Å²) in [5.74, 6) is 0. The predicted molar refractivity (Wildman–Crippen MR) is 42.6 cm³/mol. The van der Waals surface area contributed by atoms with Gasteiger partial charge >= 0.3 is 0 Å². The zero-order chi connectivity index (χ0) is 9.14. The van der Waals surface area contributed by atoms with E-state index >= 15 is 0 Å². The van der Waals surface area contributed by atoms with Crippen LogP contribution >= 0.6 is 11.3 Å². The van der Waals surface area contributed by atoms with Gasteiger partial charge in [0, 0.05) is 17.5 Å². The van der Waals surface area contributed by atoms with Crippen LogP contribution in [0.4, 0.5) is 8.78 Å². The summed E-state index contributed by atoms with van der Waals surface area (Å²) in [5, 5.41) is 11.1. The van der Waals surface area contributed by atoms with E-state index in [1.807, 2.05) is 0 Å². The zero-order valence-corrected chi connectivity index (χ0v) is 7.31. The van der Waals surface area contributed by atoms with Gasteiger partial charge in [0.2, 0.25) is 0 Å². The van der Waals surface area contributed by atoms with Gasteiger partial charge in [0.05, 0.1) is 5.01 Å². The van der Waals surface area contributed by atoms with Crippen LogP contribution in [0.1, 0.15) is 10.7 Å². The lowest BCUT2D eigenvalue weighted by atomic mass is 10.3. The number of aromatic nitrogens is 1. The standard InChI is InChI=1S/C7H9F2NOS/c1-4-3-12-6(10-4)2-5(11)7(8)9/h3,5,7,11H,2H2,1H3. The third-order valence-corrected chi connectivity index (χ3v) is 2.33. The van der Waals surface area contributed by atoms with Crippen molar-refractivity contribution < 1.29 is 13.9 Å². The fraction of sp³-hybridized carbons (Fsp3) is 0.571. The highest BCUT2D eigenvalue weighted by Gasteiger charge is 2.18. The van der Waals surface area contributed by atoms with Gasteiger partial charge in [-0.2, -0.15) is 0 Å². The van der Waals surface area contributed by atoms with Crippen LogP contribution in [0.3, 0.4) is 0 Å². The predicted octanol–water partition coefficient (Wildman–Crippen LogP) is 1.62. The summed E-state index contributed by atoms with van der Waals surface area (Å²) < 4.78 is 23.7. The van der Waals surface area contributed by atoms with E-state index in [0.29, 0.717) is 5.01 Å². The molecule has 0 saturated heterocycles. The molecule has 0 aliphatic carbocycles. The Bertz CT molecular complexity index is 251. The largest absolute Gasteiger partial charge is 0.387 e. The summed E-state index contributed by atoms with van der Waals surface area (Å²) in [5.41, 5.74) is 0.802. The van der Waals surface area contributed by atoms with Gasteiger partial charge in [-0.3, -0.25) is 0 Å². The van der Waals surface area contributed by atoms with E-state index in [0.717, 1.165) is 5.69 Å². The van der Waals surface area contributed by atoms with Gasteiger partial charge in [-0.15, -0.1) is 11.3 Å². The number of alkyl halides is 2. The molecular weight excluding hydrogens is 184 g/mol. The molecule has 1 unspecified atom stereocenters. The number of aryl methyl sites for hydroxylation is 1. The number of aliphatic hydroxyl groups excluding tert-OH is 1. The van der Waals surface area contributed by atoms with Crippen molar-refractivity contribution in [3.05, 3.63) is 16.1 Å². The molecular formula is C7H9F2NOS. The molecule has 0 aliphatic heterocycles. The van der Waals surface area contributed by atoms with Crippen LogP contribution in [-0.2, 0) is 6.42 Å². The van der Waals surface area contributed by atoms with Crippen LogP contribution in [-0.4, -0.2) is 22.6 Å². The van der Waals surface area contributed by atoms with E-state index in [-0.39, 0.29) is 6.42 Å². The molecule has 68 valence electrons. The molecule has 1 aromatic rings. The minimum Gasteiger partial charge on any atom is -0.387 e. The van der Waals surface area contributed by atoms with E-state index in [1.165, 1.54) is 11.3 Å². The quantitative estimate of drug-likeness (QED) is 0.791. The summed E-state index contributed by atoms with van der Waals surface area (Å²) in [4.78, 5) is 3.96. The van der Waals surface area contributed by atoms with E-state index in [1.54, 1.807) is 12.3 Å². The SMILES string of the molecule is Cc1csc(CC(O)C(F)F)n1. The van der Waals surface area contributed by atoms with Crippen LogP contribution in [0.15, 0.2) is 5.38 Å². The van der Waals surface area contributed by atoms with Crippen molar-refractivity contribution in [2.45, 2.75) is 25.9 Å². The van der Waals surface area contributed by atoms with Gasteiger partial charge in [0.15, 0.2) is 0 Å². The number of nitrogens with zero attached hydrogens (tertiary/aromatic N) is 1. The van der Waals surface area contributed by atoms with Crippen molar-refractivity contribution in [1.82, 2.24) is 4.98 Å². The van der Waals surface area contributed by atoms with Crippen molar-refractivity contribution in [3.8, 4) is 0 Å². The molecule has 0 bridgehead atoms. The van der Waals surface area contributed by atoms with Crippen molar-refractivity contribution in [1.29, 1.82) is 0 Å². The highest BCUT2D eigenvalue weighted by Crippen LogP contribution is 2.13. The molecule has 5 heteroatoms. The number of aliphatic hydroxyl groups is 1. The molecule has 1 atom stereocenters.